The molecule has 0 amide bonds. The van der Waals surface area contributed by atoms with E-state index >= 15 is 0 Å². The number of rotatable bonds is 4. The summed E-state index contributed by atoms with van der Waals surface area (Å²) in [5.74, 6) is -1.85. The molecule has 0 aromatic heterocycles. The molecule has 1 aromatic rings. The fourth-order valence-corrected chi connectivity index (χ4v) is 1.65. The van der Waals surface area contributed by atoms with Crippen LogP contribution in [0.15, 0.2) is 30.3 Å². The van der Waals surface area contributed by atoms with E-state index in [9.17, 15) is 39.7 Å². The van der Waals surface area contributed by atoms with Crippen LogP contribution >= 0.6 is 0 Å². The Labute approximate surface area is 143 Å². The summed E-state index contributed by atoms with van der Waals surface area (Å²) in [4.78, 5) is 11.3. The summed E-state index contributed by atoms with van der Waals surface area (Å²) in [5.41, 5.74) is -0.522. The van der Waals surface area contributed by atoms with Crippen LogP contribution in [0.1, 0.15) is 10.4 Å². The molecule has 1 aromatic carbocycles. The van der Waals surface area contributed by atoms with E-state index in [1.807, 2.05) is 0 Å². The van der Waals surface area contributed by atoms with Crippen molar-refractivity contribution in [2.75, 3.05) is 0 Å². The van der Waals surface area contributed by atoms with Gasteiger partial charge in [0.2, 0.25) is 0 Å². The van der Waals surface area contributed by atoms with E-state index in [2.05, 4.69) is 4.74 Å². The predicted molar refractivity (Wildman–Crippen MR) is 56.3 cm³/mol. The summed E-state index contributed by atoms with van der Waals surface area (Å²) in [7, 11) is -6.69. The maximum Gasteiger partial charge on any atom is 1.00 e. The van der Waals surface area contributed by atoms with Crippen molar-refractivity contribution >= 4 is 16.1 Å². The number of ether oxygens (including phenoxy) is 1. The van der Waals surface area contributed by atoms with Gasteiger partial charge in [-0.05, 0) is 12.1 Å². The van der Waals surface area contributed by atoms with Crippen LogP contribution in [0.5, 0.6) is 0 Å². The Morgan fingerprint density at radius 1 is 1.09 bits per heavy atom. The number of carbonyl (C=O) groups is 1. The number of esters is 1. The largest absolute Gasteiger partial charge is 1.00 e. The SMILES string of the molecule is O=C(OC(C(F)(F)F)C(F)(F)S(=O)(=O)[O-])c1ccccc1.[Na+]. The molecule has 0 aliphatic heterocycles. The predicted octanol–water partition coefficient (Wildman–Crippen LogP) is -1.08. The molecule has 1 atom stereocenters. The summed E-state index contributed by atoms with van der Waals surface area (Å²) in [6, 6.07) is 5.72. The van der Waals surface area contributed by atoms with E-state index in [4.69, 9.17) is 0 Å². The Hall–Kier alpha value is -0.750. The third kappa shape index (κ3) is 4.88. The minimum Gasteiger partial charge on any atom is -0.743 e. The maximum absolute atomic E-state index is 13.1. The molecule has 0 heterocycles. The molecule has 0 radical (unpaired) electrons. The van der Waals surface area contributed by atoms with E-state index < -0.39 is 39.2 Å². The molecule has 1 unspecified atom stereocenters. The third-order valence-corrected chi connectivity index (χ3v) is 3.05. The van der Waals surface area contributed by atoms with Crippen molar-refractivity contribution in [2.45, 2.75) is 17.5 Å². The van der Waals surface area contributed by atoms with Gasteiger partial charge >= 0.3 is 47.0 Å². The number of hydrogen-bond donors (Lipinski definition) is 0. The fourth-order valence-electron chi connectivity index (χ4n) is 1.21. The number of halogens is 5. The minimum atomic E-state index is -6.69. The molecule has 0 saturated carbocycles. The van der Waals surface area contributed by atoms with Crippen LogP contribution in [0, 0.1) is 0 Å². The second-order valence-electron chi connectivity index (χ2n) is 3.71. The van der Waals surface area contributed by atoms with Crippen molar-refractivity contribution in [3.63, 3.8) is 0 Å². The Balaban J connectivity index is 0.00000441. The van der Waals surface area contributed by atoms with Gasteiger partial charge in [-0.15, -0.1) is 0 Å². The minimum absolute atomic E-state index is 0. The summed E-state index contributed by atoms with van der Waals surface area (Å²) >= 11 is 0. The molecule has 0 spiro atoms. The summed E-state index contributed by atoms with van der Waals surface area (Å²) in [6.45, 7) is 0. The zero-order chi connectivity index (χ0) is 16.5. The molecule has 1 rings (SSSR count). The zero-order valence-electron chi connectivity index (χ0n) is 10.8. The van der Waals surface area contributed by atoms with E-state index in [1.54, 1.807) is 0 Å². The normalized spacial score (nSPS) is 13.9. The molecule has 0 bridgehead atoms. The van der Waals surface area contributed by atoms with Crippen LogP contribution in [0.4, 0.5) is 22.0 Å². The zero-order valence-corrected chi connectivity index (χ0v) is 13.6. The van der Waals surface area contributed by atoms with Crippen molar-refractivity contribution in [2.24, 2.45) is 0 Å². The molecule has 0 fully saturated rings. The van der Waals surface area contributed by atoms with Crippen LogP contribution < -0.4 is 29.6 Å². The van der Waals surface area contributed by atoms with Gasteiger partial charge in [0, 0.05) is 0 Å². The first kappa shape index (κ1) is 21.2. The molecule has 118 valence electrons. The molecule has 0 N–H and O–H groups in total. The van der Waals surface area contributed by atoms with Crippen molar-refractivity contribution in [1.29, 1.82) is 0 Å². The standard InChI is InChI=1S/C10H7F5O5S.Na/c11-9(12,13)8(10(14,15)21(17,18)19)20-7(16)6-4-2-1-3-5-6;/h1-5,8H,(H,17,18,19);/q;+1/p-1. The van der Waals surface area contributed by atoms with Gasteiger partial charge in [0.15, 0.2) is 10.1 Å². The molecule has 12 heteroatoms. The number of carbonyl (C=O) groups excluding carboxylic acids is 1. The van der Waals surface area contributed by atoms with Crippen LogP contribution in [-0.2, 0) is 14.9 Å². The molecule has 0 saturated heterocycles. The number of alkyl halides is 5. The Bertz CT molecular complexity index is 616. The summed E-state index contributed by atoms with van der Waals surface area (Å²) < 4.78 is 97.8. The Morgan fingerprint density at radius 2 is 1.55 bits per heavy atom. The smallest absolute Gasteiger partial charge is 0.743 e. The topological polar surface area (TPSA) is 83.5 Å². The number of hydrogen-bond acceptors (Lipinski definition) is 5. The second kappa shape index (κ2) is 7.21. The first-order valence-corrected chi connectivity index (χ1v) is 6.44. The van der Waals surface area contributed by atoms with E-state index in [1.165, 1.54) is 18.2 Å². The van der Waals surface area contributed by atoms with Crippen LogP contribution in [0.3, 0.4) is 0 Å². The molecule has 5 nitrogen and oxygen atoms in total. The summed E-state index contributed by atoms with van der Waals surface area (Å²) in [5, 5.41) is -5.85. The van der Waals surface area contributed by atoms with Gasteiger partial charge in [0.1, 0.15) is 0 Å². The monoisotopic (exact) mass is 356 g/mol. The first-order chi connectivity index (χ1) is 9.37. The van der Waals surface area contributed by atoms with Gasteiger partial charge in [-0.2, -0.15) is 22.0 Å². The molecule has 0 aliphatic rings. The molecule has 0 aliphatic carbocycles. The fraction of sp³-hybridized carbons (Fsp3) is 0.300. The average molecular weight is 356 g/mol. The van der Waals surface area contributed by atoms with E-state index in [-0.39, 0.29) is 29.6 Å². The van der Waals surface area contributed by atoms with Gasteiger partial charge < -0.3 is 9.29 Å². The molecule has 22 heavy (non-hydrogen) atoms. The average Bonchev–Trinajstić information content (AvgIpc) is 2.33. The maximum atomic E-state index is 13.1. The third-order valence-electron chi connectivity index (χ3n) is 2.17. The first-order valence-electron chi connectivity index (χ1n) is 5.03. The van der Waals surface area contributed by atoms with Crippen molar-refractivity contribution in [1.82, 2.24) is 0 Å². The van der Waals surface area contributed by atoms with Crippen LogP contribution in [0.2, 0.25) is 0 Å². The van der Waals surface area contributed by atoms with Crippen LogP contribution in [-0.4, -0.2) is 36.5 Å². The van der Waals surface area contributed by atoms with Gasteiger partial charge in [-0.1, -0.05) is 18.2 Å². The van der Waals surface area contributed by atoms with Crippen LogP contribution in [0.25, 0.3) is 0 Å². The quantitative estimate of drug-likeness (QED) is 0.297. The summed E-state index contributed by atoms with van der Waals surface area (Å²) in [6.07, 6.45) is -10.4. The van der Waals surface area contributed by atoms with Gasteiger partial charge in [-0.25, -0.2) is 13.2 Å². The van der Waals surface area contributed by atoms with Gasteiger partial charge in [-0.3, -0.25) is 0 Å². The van der Waals surface area contributed by atoms with Crippen molar-refractivity contribution in [3.8, 4) is 0 Å². The van der Waals surface area contributed by atoms with Crippen molar-refractivity contribution in [3.05, 3.63) is 35.9 Å². The van der Waals surface area contributed by atoms with E-state index in [0.717, 1.165) is 12.1 Å². The Morgan fingerprint density at radius 3 is 1.91 bits per heavy atom. The van der Waals surface area contributed by atoms with Gasteiger partial charge in [0.05, 0.1) is 5.56 Å². The van der Waals surface area contributed by atoms with Crippen molar-refractivity contribution < 1.29 is 74.0 Å². The molecular weight excluding hydrogens is 350 g/mol. The Kier molecular flexibility index (Phi) is 6.97. The second-order valence-corrected chi connectivity index (χ2v) is 5.16. The molecular formula is C10H6F5NaO5S. The van der Waals surface area contributed by atoms with Gasteiger partial charge in [0.25, 0.3) is 6.10 Å². The van der Waals surface area contributed by atoms with E-state index in [0.29, 0.717) is 0 Å². The number of benzene rings is 1.